The number of nitrogens with zero attached hydrogens (tertiary/aromatic N) is 2. The molecule has 1 aromatic heterocycles. The maximum absolute atomic E-state index is 11.2. The zero-order valence-corrected chi connectivity index (χ0v) is 16.3. The molecular formula is C17H31Cl2N3O3. The molecule has 6 nitrogen and oxygen atoms in total. The molecule has 25 heavy (non-hydrogen) atoms. The SMILES string of the molecule is Cl.Cl.NCCCOC(Cc1cn(CCC2CCCCC2)cn1)C(=O)O. The molecule has 2 rings (SSSR count). The highest BCUT2D eigenvalue weighted by Gasteiger charge is 2.20. The van der Waals surface area contributed by atoms with Crippen LogP contribution in [0, 0.1) is 5.92 Å². The zero-order chi connectivity index (χ0) is 16.5. The van der Waals surface area contributed by atoms with E-state index in [1.54, 1.807) is 6.33 Å². The lowest BCUT2D eigenvalue weighted by Gasteiger charge is -2.21. The van der Waals surface area contributed by atoms with Crippen molar-refractivity contribution in [2.45, 2.75) is 64.0 Å². The van der Waals surface area contributed by atoms with Crippen molar-refractivity contribution in [1.82, 2.24) is 9.55 Å². The summed E-state index contributed by atoms with van der Waals surface area (Å²) in [7, 11) is 0. The maximum Gasteiger partial charge on any atom is 0.333 e. The van der Waals surface area contributed by atoms with Gasteiger partial charge >= 0.3 is 5.97 Å². The lowest BCUT2D eigenvalue weighted by Crippen LogP contribution is -2.27. The average molecular weight is 396 g/mol. The summed E-state index contributed by atoms with van der Waals surface area (Å²) in [5.74, 6) is -0.111. The van der Waals surface area contributed by atoms with Crippen molar-refractivity contribution in [3.05, 3.63) is 18.2 Å². The lowest BCUT2D eigenvalue weighted by atomic mass is 9.87. The van der Waals surface area contributed by atoms with Crippen LogP contribution >= 0.6 is 24.8 Å². The largest absolute Gasteiger partial charge is 0.479 e. The predicted molar refractivity (Wildman–Crippen MR) is 103 cm³/mol. The van der Waals surface area contributed by atoms with E-state index in [1.165, 1.54) is 38.5 Å². The van der Waals surface area contributed by atoms with E-state index >= 15 is 0 Å². The molecule has 1 fully saturated rings. The molecule has 0 bridgehead atoms. The lowest BCUT2D eigenvalue weighted by molar-refractivity contribution is -0.150. The third-order valence-corrected chi connectivity index (χ3v) is 4.54. The van der Waals surface area contributed by atoms with Gasteiger partial charge in [0.05, 0.1) is 12.0 Å². The number of aliphatic carboxylic acids is 1. The molecule has 0 radical (unpaired) electrons. The third-order valence-electron chi connectivity index (χ3n) is 4.54. The van der Waals surface area contributed by atoms with Gasteiger partial charge in [-0.3, -0.25) is 0 Å². The van der Waals surface area contributed by atoms with E-state index in [0.717, 1.165) is 18.2 Å². The summed E-state index contributed by atoms with van der Waals surface area (Å²) in [4.78, 5) is 15.6. The molecule has 0 amide bonds. The van der Waals surface area contributed by atoms with E-state index in [9.17, 15) is 9.90 Å². The zero-order valence-electron chi connectivity index (χ0n) is 14.6. The van der Waals surface area contributed by atoms with E-state index in [-0.39, 0.29) is 24.8 Å². The molecule has 1 heterocycles. The second-order valence-electron chi connectivity index (χ2n) is 6.44. The average Bonchev–Trinajstić information content (AvgIpc) is 3.00. The Morgan fingerprint density at radius 2 is 2.08 bits per heavy atom. The molecule has 1 aliphatic carbocycles. The van der Waals surface area contributed by atoms with Gasteiger partial charge in [-0.15, -0.1) is 24.8 Å². The Kier molecular flexibility index (Phi) is 13.0. The molecule has 1 aliphatic rings. The van der Waals surface area contributed by atoms with Crippen molar-refractivity contribution in [3.63, 3.8) is 0 Å². The third kappa shape index (κ3) is 8.90. The van der Waals surface area contributed by atoms with Gasteiger partial charge in [0.1, 0.15) is 0 Å². The number of rotatable bonds is 10. The molecule has 1 saturated carbocycles. The summed E-state index contributed by atoms with van der Waals surface area (Å²) < 4.78 is 7.46. The van der Waals surface area contributed by atoms with Crippen LogP contribution in [-0.4, -0.2) is 39.9 Å². The Balaban J connectivity index is 0.00000288. The number of carbonyl (C=O) groups is 1. The first-order chi connectivity index (χ1) is 11.2. The van der Waals surface area contributed by atoms with Gasteiger partial charge in [-0.25, -0.2) is 9.78 Å². The predicted octanol–water partition coefficient (Wildman–Crippen LogP) is 3.06. The molecule has 1 atom stereocenters. The summed E-state index contributed by atoms with van der Waals surface area (Å²) in [6.45, 7) is 1.83. The number of halogens is 2. The molecule has 0 spiro atoms. The highest BCUT2D eigenvalue weighted by molar-refractivity contribution is 5.85. The van der Waals surface area contributed by atoms with Gasteiger partial charge in [-0.05, 0) is 25.3 Å². The Morgan fingerprint density at radius 3 is 2.72 bits per heavy atom. The second kappa shape index (κ2) is 13.4. The highest BCUT2D eigenvalue weighted by Crippen LogP contribution is 2.26. The van der Waals surface area contributed by atoms with Crippen molar-refractivity contribution < 1.29 is 14.6 Å². The molecule has 1 aromatic rings. The number of imidazole rings is 1. The molecule has 0 saturated heterocycles. The first-order valence-corrected chi connectivity index (χ1v) is 8.74. The van der Waals surface area contributed by atoms with Crippen LogP contribution in [0.15, 0.2) is 12.5 Å². The fourth-order valence-electron chi connectivity index (χ4n) is 3.16. The summed E-state index contributed by atoms with van der Waals surface area (Å²) in [5, 5.41) is 9.22. The number of carboxylic acids is 1. The minimum atomic E-state index is -0.946. The number of nitrogens with two attached hydrogens (primary N) is 1. The van der Waals surface area contributed by atoms with Gasteiger partial charge in [-0.1, -0.05) is 32.1 Å². The number of ether oxygens (including phenoxy) is 1. The minimum absolute atomic E-state index is 0. The Bertz CT molecular complexity index is 479. The van der Waals surface area contributed by atoms with Crippen LogP contribution in [0.3, 0.4) is 0 Å². The van der Waals surface area contributed by atoms with Crippen molar-refractivity contribution in [1.29, 1.82) is 0 Å². The Hall–Kier alpha value is -0.820. The second-order valence-corrected chi connectivity index (χ2v) is 6.44. The van der Waals surface area contributed by atoms with E-state index in [4.69, 9.17) is 10.5 Å². The topological polar surface area (TPSA) is 90.4 Å². The number of hydrogen-bond acceptors (Lipinski definition) is 4. The standard InChI is InChI=1S/C17H29N3O3.2ClH/c18-8-4-10-23-16(17(21)22)11-15-12-20(13-19-15)9-7-14-5-2-1-3-6-14;;/h12-14,16H,1-11,18H2,(H,21,22);2*1H. The molecule has 3 N–H and O–H groups in total. The van der Waals surface area contributed by atoms with Crippen molar-refractivity contribution in [2.75, 3.05) is 13.2 Å². The van der Waals surface area contributed by atoms with Crippen LogP contribution in [-0.2, 0) is 22.5 Å². The fraction of sp³-hybridized carbons (Fsp3) is 0.765. The molecular weight excluding hydrogens is 365 g/mol. The van der Waals surface area contributed by atoms with E-state index in [1.807, 2.05) is 6.20 Å². The number of hydrogen-bond donors (Lipinski definition) is 2. The van der Waals surface area contributed by atoms with Gasteiger partial charge in [0.25, 0.3) is 0 Å². The van der Waals surface area contributed by atoms with E-state index in [0.29, 0.717) is 26.0 Å². The van der Waals surface area contributed by atoms with Crippen LogP contribution in [0.4, 0.5) is 0 Å². The summed E-state index contributed by atoms with van der Waals surface area (Å²) in [6, 6.07) is 0. The molecule has 0 aliphatic heterocycles. The molecule has 8 heteroatoms. The quantitative estimate of drug-likeness (QED) is 0.594. The number of aromatic nitrogens is 2. The number of carboxylic acid groups (broad SMARTS) is 1. The van der Waals surface area contributed by atoms with Crippen LogP contribution in [0.25, 0.3) is 0 Å². The minimum Gasteiger partial charge on any atom is -0.479 e. The smallest absolute Gasteiger partial charge is 0.333 e. The van der Waals surface area contributed by atoms with Crippen molar-refractivity contribution in [2.24, 2.45) is 11.7 Å². The Morgan fingerprint density at radius 1 is 1.36 bits per heavy atom. The molecule has 146 valence electrons. The first-order valence-electron chi connectivity index (χ1n) is 8.74. The number of aryl methyl sites for hydroxylation is 1. The monoisotopic (exact) mass is 395 g/mol. The summed E-state index contributed by atoms with van der Waals surface area (Å²) >= 11 is 0. The van der Waals surface area contributed by atoms with Crippen LogP contribution in [0.5, 0.6) is 0 Å². The molecule has 0 aromatic carbocycles. The Labute approximate surface area is 162 Å². The first kappa shape index (κ1) is 24.2. The van der Waals surface area contributed by atoms with Crippen molar-refractivity contribution >= 4 is 30.8 Å². The van der Waals surface area contributed by atoms with E-state index in [2.05, 4.69) is 9.55 Å². The van der Waals surface area contributed by atoms with Crippen LogP contribution in [0.2, 0.25) is 0 Å². The normalized spacial score (nSPS) is 15.9. The van der Waals surface area contributed by atoms with Gasteiger partial charge in [0.15, 0.2) is 6.10 Å². The van der Waals surface area contributed by atoms with Gasteiger partial charge in [0, 0.05) is 25.8 Å². The van der Waals surface area contributed by atoms with Gasteiger partial charge in [-0.2, -0.15) is 0 Å². The summed E-state index contributed by atoms with van der Waals surface area (Å²) in [6.07, 6.45) is 11.9. The van der Waals surface area contributed by atoms with Gasteiger partial charge < -0.3 is 20.1 Å². The van der Waals surface area contributed by atoms with Crippen LogP contribution in [0.1, 0.15) is 50.6 Å². The van der Waals surface area contributed by atoms with Gasteiger partial charge in [0.2, 0.25) is 0 Å². The molecule has 1 unspecified atom stereocenters. The van der Waals surface area contributed by atoms with E-state index < -0.39 is 12.1 Å². The summed E-state index contributed by atoms with van der Waals surface area (Å²) in [5.41, 5.74) is 6.17. The fourth-order valence-corrected chi connectivity index (χ4v) is 3.16. The van der Waals surface area contributed by atoms with Crippen LogP contribution < -0.4 is 5.73 Å². The highest BCUT2D eigenvalue weighted by atomic mass is 35.5. The maximum atomic E-state index is 11.2. The van der Waals surface area contributed by atoms with Crippen molar-refractivity contribution in [3.8, 4) is 0 Å².